The van der Waals surface area contributed by atoms with Crippen molar-refractivity contribution in [3.05, 3.63) is 34.3 Å². The molecule has 0 fully saturated rings. The average molecular weight is 184 g/mol. The minimum absolute atomic E-state index is 0.524. The van der Waals surface area contributed by atoms with Crippen molar-refractivity contribution < 1.29 is 0 Å². The van der Waals surface area contributed by atoms with Crippen LogP contribution in [0.1, 0.15) is 24.5 Å². The summed E-state index contributed by atoms with van der Waals surface area (Å²) in [4.78, 5) is 0. The summed E-state index contributed by atoms with van der Waals surface area (Å²) in [7, 11) is 0. The quantitative estimate of drug-likeness (QED) is 0.767. The second-order valence-corrected chi connectivity index (χ2v) is 3.22. The van der Waals surface area contributed by atoms with E-state index in [1.165, 1.54) is 5.56 Å². The Morgan fingerprint density at radius 2 is 2.00 bits per heavy atom. The third-order valence-electron chi connectivity index (χ3n) is 1.90. The van der Waals surface area contributed by atoms with Crippen LogP contribution in [0.15, 0.2) is 18.2 Å². The van der Waals surface area contributed by atoms with Crippen LogP contribution in [0.2, 0.25) is 5.02 Å². The van der Waals surface area contributed by atoms with E-state index in [0.29, 0.717) is 6.54 Å². The number of halogens is 1. The molecule has 0 bridgehead atoms. The van der Waals surface area contributed by atoms with Gasteiger partial charge in [0.25, 0.3) is 0 Å². The van der Waals surface area contributed by atoms with Gasteiger partial charge in [0.05, 0.1) is 0 Å². The van der Waals surface area contributed by atoms with Crippen molar-refractivity contribution in [2.24, 2.45) is 5.73 Å². The van der Waals surface area contributed by atoms with Crippen molar-refractivity contribution in [3.63, 3.8) is 0 Å². The van der Waals surface area contributed by atoms with Crippen LogP contribution >= 0.6 is 11.6 Å². The van der Waals surface area contributed by atoms with Gasteiger partial charge >= 0.3 is 0 Å². The average Bonchev–Trinajstić information content (AvgIpc) is 2.09. The molecule has 0 aliphatic carbocycles. The molecule has 0 saturated heterocycles. The largest absolute Gasteiger partial charge is 0.326 e. The van der Waals surface area contributed by atoms with Crippen LogP contribution in [-0.2, 0) is 13.0 Å². The van der Waals surface area contributed by atoms with Crippen LogP contribution in [0.5, 0.6) is 0 Å². The number of rotatable bonds is 3. The van der Waals surface area contributed by atoms with Crippen LogP contribution in [0.3, 0.4) is 0 Å². The van der Waals surface area contributed by atoms with E-state index in [0.717, 1.165) is 23.4 Å². The molecule has 0 aliphatic heterocycles. The lowest BCUT2D eigenvalue weighted by Gasteiger charge is -2.06. The second kappa shape index (κ2) is 4.48. The van der Waals surface area contributed by atoms with E-state index in [4.69, 9.17) is 17.3 Å². The van der Waals surface area contributed by atoms with Gasteiger partial charge in [-0.15, -0.1) is 0 Å². The zero-order chi connectivity index (χ0) is 8.97. The van der Waals surface area contributed by atoms with Crippen molar-refractivity contribution in [1.29, 1.82) is 0 Å². The van der Waals surface area contributed by atoms with Crippen LogP contribution in [0.25, 0.3) is 0 Å². The third kappa shape index (κ3) is 1.99. The highest BCUT2D eigenvalue weighted by Crippen LogP contribution is 2.21. The Kier molecular flexibility index (Phi) is 3.57. The number of aryl methyl sites for hydroxylation is 1. The second-order valence-electron chi connectivity index (χ2n) is 2.84. The highest BCUT2D eigenvalue weighted by atomic mass is 35.5. The van der Waals surface area contributed by atoms with Gasteiger partial charge in [-0.05, 0) is 17.5 Å². The standard InChI is InChI=1S/C10H14ClN/c1-2-4-8-5-3-6-9(7-12)10(8)11/h3,5-6H,2,4,7,12H2,1H3. The lowest BCUT2D eigenvalue weighted by Crippen LogP contribution is -1.99. The van der Waals surface area contributed by atoms with Crippen LogP contribution in [0.4, 0.5) is 0 Å². The first kappa shape index (κ1) is 9.56. The Balaban J connectivity index is 2.97. The monoisotopic (exact) mass is 183 g/mol. The SMILES string of the molecule is CCCc1cccc(CN)c1Cl. The third-order valence-corrected chi connectivity index (χ3v) is 2.38. The maximum Gasteiger partial charge on any atom is 0.0482 e. The van der Waals surface area contributed by atoms with Crippen LogP contribution in [0, 0.1) is 0 Å². The molecule has 0 aliphatic rings. The summed E-state index contributed by atoms with van der Waals surface area (Å²) < 4.78 is 0. The van der Waals surface area contributed by atoms with Gasteiger partial charge in [-0.3, -0.25) is 0 Å². The lowest BCUT2D eigenvalue weighted by molar-refractivity contribution is 0.916. The van der Waals surface area contributed by atoms with Gasteiger partial charge < -0.3 is 5.73 Å². The molecule has 66 valence electrons. The number of nitrogens with two attached hydrogens (primary N) is 1. The smallest absolute Gasteiger partial charge is 0.0482 e. The Bertz CT molecular complexity index is 258. The van der Waals surface area contributed by atoms with Crippen LogP contribution < -0.4 is 5.73 Å². The molecule has 0 unspecified atom stereocenters. The molecule has 1 rings (SSSR count). The Labute approximate surface area is 78.5 Å². The van der Waals surface area contributed by atoms with Crippen LogP contribution in [-0.4, -0.2) is 0 Å². The molecule has 2 heteroatoms. The molecule has 1 nitrogen and oxygen atoms in total. The predicted octanol–water partition coefficient (Wildman–Crippen LogP) is 2.75. The van der Waals surface area contributed by atoms with E-state index < -0.39 is 0 Å². The summed E-state index contributed by atoms with van der Waals surface area (Å²) in [6, 6.07) is 6.05. The van der Waals surface area contributed by atoms with E-state index in [2.05, 4.69) is 13.0 Å². The normalized spacial score (nSPS) is 10.2. The first-order valence-corrected chi connectivity index (χ1v) is 4.63. The molecule has 0 atom stereocenters. The molecule has 12 heavy (non-hydrogen) atoms. The Hall–Kier alpha value is -0.530. The van der Waals surface area contributed by atoms with E-state index in [9.17, 15) is 0 Å². The van der Waals surface area contributed by atoms with Gasteiger partial charge in [0, 0.05) is 11.6 Å². The number of hydrogen-bond donors (Lipinski definition) is 1. The first-order valence-electron chi connectivity index (χ1n) is 4.26. The molecular weight excluding hydrogens is 170 g/mol. The molecule has 0 saturated carbocycles. The highest BCUT2D eigenvalue weighted by Gasteiger charge is 2.02. The zero-order valence-electron chi connectivity index (χ0n) is 7.31. The molecule has 2 N–H and O–H groups in total. The van der Waals surface area contributed by atoms with Crippen molar-refractivity contribution in [3.8, 4) is 0 Å². The molecule has 0 aromatic heterocycles. The predicted molar refractivity (Wildman–Crippen MR) is 53.3 cm³/mol. The Morgan fingerprint density at radius 1 is 1.33 bits per heavy atom. The Morgan fingerprint density at radius 3 is 2.58 bits per heavy atom. The maximum absolute atomic E-state index is 6.11. The number of benzene rings is 1. The van der Waals surface area contributed by atoms with Gasteiger partial charge in [0.1, 0.15) is 0 Å². The molecular formula is C10H14ClN. The maximum atomic E-state index is 6.11. The minimum atomic E-state index is 0.524. The lowest BCUT2D eigenvalue weighted by atomic mass is 10.1. The van der Waals surface area contributed by atoms with Gasteiger partial charge in [-0.1, -0.05) is 43.1 Å². The fourth-order valence-corrected chi connectivity index (χ4v) is 1.55. The molecule has 0 radical (unpaired) electrons. The summed E-state index contributed by atoms with van der Waals surface area (Å²) in [5, 5.41) is 0.849. The van der Waals surface area contributed by atoms with E-state index in [-0.39, 0.29) is 0 Å². The molecule has 0 spiro atoms. The summed E-state index contributed by atoms with van der Waals surface area (Å²) in [6.07, 6.45) is 2.15. The highest BCUT2D eigenvalue weighted by molar-refractivity contribution is 6.32. The van der Waals surface area contributed by atoms with Crippen molar-refractivity contribution in [1.82, 2.24) is 0 Å². The summed E-state index contributed by atoms with van der Waals surface area (Å²) in [5.74, 6) is 0. The van der Waals surface area contributed by atoms with Crippen molar-refractivity contribution in [2.75, 3.05) is 0 Å². The van der Waals surface area contributed by atoms with Gasteiger partial charge in [-0.2, -0.15) is 0 Å². The summed E-state index contributed by atoms with van der Waals surface area (Å²) in [6.45, 7) is 2.67. The zero-order valence-corrected chi connectivity index (χ0v) is 8.06. The van der Waals surface area contributed by atoms with E-state index >= 15 is 0 Å². The molecule has 1 aromatic rings. The fourth-order valence-electron chi connectivity index (χ4n) is 1.25. The van der Waals surface area contributed by atoms with Crippen molar-refractivity contribution in [2.45, 2.75) is 26.3 Å². The topological polar surface area (TPSA) is 26.0 Å². The summed E-state index contributed by atoms with van der Waals surface area (Å²) in [5.41, 5.74) is 7.79. The van der Waals surface area contributed by atoms with Gasteiger partial charge in [-0.25, -0.2) is 0 Å². The first-order chi connectivity index (χ1) is 5.79. The van der Waals surface area contributed by atoms with Crippen molar-refractivity contribution >= 4 is 11.6 Å². The number of hydrogen-bond acceptors (Lipinski definition) is 1. The van der Waals surface area contributed by atoms with Gasteiger partial charge in [0.15, 0.2) is 0 Å². The van der Waals surface area contributed by atoms with E-state index in [1.54, 1.807) is 0 Å². The van der Waals surface area contributed by atoms with Gasteiger partial charge in [0.2, 0.25) is 0 Å². The molecule has 0 amide bonds. The van der Waals surface area contributed by atoms with E-state index in [1.807, 2.05) is 12.1 Å². The molecule has 0 heterocycles. The fraction of sp³-hybridized carbons (Fsp3) is 0.400. The summed E-state index contributed by atoms with van der Waals surface area (Å²) >= 11 is 6.11. The minimum Gasteiger partial charge on any atom is -0.326 e. The molecule has 1 aromatic carbocycles.